The number of hydrogen-bond donors (Lipinski definition) is 3. The van der Waals surface area contributed by atoms with Crippen molar-refractivity contribution in [2.45, 2.75) is 23.1 Å². The van der Waals surface area contributed by atoms with Gasteiger partial charge in [0.1, 0.15) is 11.6 Å². The lowest BCUT2D eigenvalue weighted by atomic mass is 10.1. The van der Waals surface area contributed by atoms with Gasteiger partial charge in [0, 0.05) is 16.5 Å². The molecule has 1 atom stereocenters. The number of nitrogen functional groups attached to an aromatic ring is 1. The molecule has 4 N–H and O–H groups in total. The summed E-state index contributed by atoms with van der Waals surface area (Å²) in [5, 5.41) is 9.85. The average molecular weight is 281 g/mol. The van der Waals surface area contributed by atoms with Crippen LogP contribution in [0.4, 0.5) is 10.2 Å². The van der Waals surface area contributed by atoms with E-state index in [4.69, 9.17) is 5.73 Å². The van der Waals surface area contributed by atoms with Gasteiger partial charge in [-0.2, -0.15) is 0 Å². The number of aromatic amines is 1. The molecule has 0 aliphatic heterocycles. The minimum Gasteiger partial charge on any atom is -0.389 e. The first-order valence-corrected chi connectivity index (χ1v) is 6.30. The number of anilines is 1. The molecule has 1 unspecified atom stereocenters. The van der Waals surface area contributed by atoms with E-state index in [0.717, 1.165) is 17.8 Å². The van der Waals surface area contributed by atoms with Gasteiger partial charge in [-0.15, -0.1) is 0 Å². The number of H-pyrrole nitrogens is 1. The Balaban J connectivity index is 2.43. The summed E-state index contributed by atoms with van der Waals surface area (Å²) < 4.78 is 13.7. The van der Waals surface area contributed by atoms with Crippen molar-refractivity contribution < 1.29 is 9.50 Å². The fourth-order valence-corrected chi connectivity index (χ4v) is 2.65. The average Bonchev–Trinajstić information content (AvgIpc) is 2.26. The highest BCUT2D eigenvalue weighted by Crippen LogP contribution is 2.32. The largest absolute Gasteiger partial charge is 0.389 e. The Labute approximate surface area is 112 Å². The monoisotopic (exact) mass is 281 g/mol. The van der Waals surface area contributed by atoms with Crippen LogP contribution in [0.3, 0.4) is 0 Å². The van der Waals surface area contributed by atoms with Crippen molar-refractivity contribution in [3.63, 3.8) is 0 Å². The summed E-state index contributed by atoms with van der Waals surface area (Å²) in [5.41, 5.74) is 5.25. The number of benzene rings is 1. The lowest BCUT2D eigenvalue weighted by Gasteiger charge is -2.12. The highest BCUT2D eigenvalue weighted by Gasteiger charge is 2.15. The van der Waals surface area contributed by atoms with Gasteiger partial charge in [-0.3, -0.25) is 4.79 Å². The summed E-state index contributed by atoms with van der Waals surface area (Å²) in [6.07, 6.45) is -0.962. The number of nitrogens with one attached hydrogen (secondary N) is 1. The van der Waals surface area contributed by atoms with Crippen LogP contribution in [0.2, 0.25) is 0 Å². The zero-order chi connectivity index (χ0) is 14.0. The molecule has 100 valence electrons. The Hall–Kier alpha value is -1.86. The molecule has 0 aliphatic carbocycles. The molecular weight excluding hydrogens is 269 g/mol. The molecule has 1 aromatic heterocycles. The van der Waals surface area contributed by atoms with Gasteiger partial charge >= 0.3 is 0 Å². The molecule has 0 bridgehead atoms. The van der Waals surface area contributed by atoms with E-state index < -0.39 is 11.9 Å². The number of aromatic nitrogens is 2. The number of nitrogens with two attached hydrogens (primary N) is 1. The smallest absolute Gasteiger partial charge is 0.253 e. The summed E-state index contributed by atoms with van der Waals surface area (Å²) in [7, 11) is 0. The van der Waals surface area contributed by atoms with Gasteiger partial charge in [-0.1, -0.05) is 17.8 Å². The van der Waals surface area contributed by atoms with Crippen molar-refractivity contribution in [2.75, 3.05) is 5.73 Å². The molecule has 1 aromatic carbocycles. The van der Waals surface area contributed by atoms with E-state index in [9.17, 15) is 14.3 Å². The van der Waals surface area contributed by atoms with Crippen molar-refractivity contribution in [1.82, 2.24) is 9.97 Å². The molecule has 0 saturated heterocycles. The molecule has 1 heterocycles. The van der Waals surface area contributed by atoms with Crippen molar-refractivity contribution in [1.29, 1.82) is 0 Å². The number of aliphatic hydroxyl groups is 1. The third-order valence-corrected chi connectivity index (χ3v) is 3.34. The van der Waals surface area contributed by atoms with Crippen molar-refractivity contribution in [3.05, 3.63) is 46.0 Å². The Bertz CT molecular complexity index is 658. The highest BCUT2D eigenvalue weighted by atomic mass is 32.2. The van der Waals surface area contributed by atoms with Gasteiger partial charge < -0.3 is 15.8 Å². The molecular formula is C12H12FN3O2S. The molecule has 0 spiro atoms. The minimum absolute atomic E-state index is 0.0845. The molecule has 7 heteroatoms. The lowest BCUT2D eigenvalue weighted by Crippen LogP contribution is -2.09. The van der Waals surface area contributed by atoms with Crippen LogP contribution < -0.4 is 11.3 Å². The van der Waals surface area contributed by atoms with Crippen LogP contribution in [0.15, 0.2) is 39.1 Å². The van der Waals surface area contributed by atoms with E-state index in [1.165, 1.54) is 19.1 Å². The van der Waals surface area contributed by atoms with Crippen LogP contribution in [0.5, 0.6) is 0 Å². The van der Waals surface area contributed by atoms with Gasteiger partial charge in [-0.25, -0.2) is 9.37 Å². The van der Waals surface area contributed by atoms with Crippen LogP contribution in [0.25, 0.3) is 0 Å². The third kappa shape index (κ3) is 3.12. The predicted octanol–water partition coefficient (Wildman–Crippen LogP) is 1.70. The van der Waals surface area contributed by atoms with E-state index in [1.54, 1.807) is 6.07 Å². The molecule has 0 saturated carbocycles. The number of nitrogens with zero attached hydrogens (tertiary/aromatic N) is 1. The second-order valence-corrected chi connectivity index (χ2v) is 4.94. The molecule has 0 radical (unpaired) electrons. The normalized spacial score (nSPS) is 12.4. The van der Waals surface area contributed by atoms with Crippen molar-refractivity contribution in [2.24, 2.45) is 0 Å². The molecule has 0 fully saturated rings. The first-order valence-electron chi connectivity index (χ1n) is 5.48. The fourth-order valence-electron chi connectivity index (χ4n) is 1.62. The van der Waals surface area contributed by atoms with Gasteiger partial charge in [-0.05, 0) is 19.1 Å². The summed E-state index contributed by atoms with van der Waals surface area (Å²) in [4.78, 5) is 18.2. The molecule has 2 aromatic rings. The van der Waals surface area contributed by atoms with Crippen molar-refractivity contribution >= 4 is 17.6 Å². The van der Waals surface area contributed by atoms with Crippen LogP contribution in [-0.2, 0) is 0 Å². The molecule has 5 nitrogen and oxygen atoms in total. The summed E-state index contributed by atoms with van der Waals surface area (Å²) >= 11 is 1.04. The topological polar surface area (TPSA) is 92.0 Å². The number of hydrogen-bond acceptors (Lipinski definition) is 5. The maximum absolute atomic E-state index is 13.7. The van der Waals surface area contributed by atoms with Crippen molar-refractivity contribution in [3.8, 4) is 0 Å². The van der Waals surface area contributed by atoms with Crippen LogP contribution >= 0.6 is 11.8 Å². The summed E-state index contributed by atoms with van der Waals surface area (Å²) in [6.45, 7) is 1.47. The first kappa shape index (κ1) is 13.6. The quantitative estimate of drug-likeness (QED) is 0.745. The molecule has 0 aliphatic rings. The van der Waals surface area contributed by atoms with Crippen LogP contribution in [0, 0.1) is 5.82 Å². The molecule has 19 heavy (non-hydrogen) atoms. The Kier molecular flexibility index (Phi) is 3.87. The van der Waals surface area contributed by atoms with Gasteiger partial charge in [0.25, 0.3) is 5.56 Å². The summed E-state index contributed by atoms with van der Waals surface area (Å²) in [5.74, 6) is -0.424. The molecule has 0 amide bonds. The minimum atomic E-state index is -0.962. The summed E-state index contributed by atoms with van der Waals surface area (Å²) in [6, 6.07) is 5.58. The zero-order valence-electron chi connectivity index (χ0n) is 10.1. The Morgan fingerprint density at radius 3 is 2.89 bits per heavy atom. The molecule has 2 rings (SSSR count). The third-order valence-electron chi connectivity index (χ3n) is 2.38. The highest BCUT2D eigenvalue weighted by molar-refractivity contribution is 7.99. The number of rotatable bonds is 3. The zero-order valence-corrected chi connectivity index (χ0v) is 10.9. The lowest BCUT2D eigenvalue weighted by molar-refractivity contribution is 0.191. The van der Waals surface area contributed by atoms with Crippen LogP contribution in [-0.4, -0.2) is 15.1 Å². The fraction of sp³-hybridized carbons (Fsp3) is 0.167. The second-order valence-electron chi connectivity index (χ2n) is 3.91. The number of halogens is 1. The van der Waals surface area contributed by atoms with E-state index in [1.807, 2.05) is 0 Å². The van der Waals surface area contributed by atoms with Gasteiger partial charge in [0.2, 0.25) is 0 Å². The van der Waals surface area contributed by atoms with E-state index in [0.29, 0.717) is 4.90 Å². The van der Waals surface area contributed by atoms with Crippen LogP contribution in [0.1, 0.15) is 18.6 Å². The predicted molar refractivity (Wildman–Crippen MR) is 70.4 cm³/mol. The van der Waals surface area contributed by atoms with Gasteiger partial charge in [0.05, 0.1) is 6.10 Å². The first-order chi connectivity index (χ1) is 8.97. The SMILES string of the molecule is CC(O)c1c(F)cccc1Sc1nc(N)cc(=O)[nH]1. The van der Waals surface area contributed by atoms with E-state index >= 15 is 0 Å². The van der Waals surface area contributed by atoms with Gasteiger partial charge in [0.15, 0.2) is 5.16 Å². The maximum Gasteiger partial charge on any atom is 0.253 e. The maximum atomic E-state index is 13.7. The number of aliphatic hydroxyl groups excluding tert-OH is 1. The van der Waals surface area contributed by atoms with E-state index in [-0.39, 0.29) is 22.1 Å². The Morgan fingerprint density at radius 2 is 2.26 bits per heavy atom. The van der Waals surface area contributed by atoms with E-state index in [2.05, 4.69) is 9.97 Å². The second kappa shape index (κ2) is 5.41. The Morgan fingerprint density at radius 1 is 1.53 bits per heavy atom. The standard InChI is InChI=1S/C12H12FN3O2S/c1-6(17)11-7(13)3-2-4-8(11)19-12-15-9(14)5-10(18)16-12/h2-6,17H,1H3,(H3,14,15,16,18).